The Morgan fingerprint density at radius 3 is 2.10 bits per heavy atom. The van der Waals surface area contributed by atoms with Crippen LogP contribution in [0, 0.1) is 0 Å². The molecule has 0 radical (unpaired) electrons. The summed E-state index contributed by atoms with van der Waals surface area (Å²) in [4.78, 5) is 0. The minimum atomic E-state index is -1.91. The monoisotopic (exact) mass is 308 g/mol. The van der Waals surface area contributed by atoms with Gasteiger partial charge in [-0.2, -0.15) is 0 Å². The molecule has 1 heterocycles. The maximum atomic E-state index is 5.38. The SMILES string of the molecule is [Br][Sb]1[O]c2ccccc2[O]1. The zero-order valence-corrected chi connectivity index (χ0v) is 9.09. The number of rotatable bonds is 0. The summed E-state index contributed by atoms with van der Waals surface area (Å²) in [5.41, 5.74) is 0. The van der Waals surface area contributed by atoms with Crippen molar-refractivity contribution in [1.82, 2.24) is 0 Å². The van der Waals surface area contributed by atoms with E-state index < -0.39 is 18.8 Å². The summed E-state index contributed by atoms with van der Waals surface area (Å²) in [5, 5.41) is 0. The summed E-state index contributed by atoms with van der Waals surface area (Å²) in [6.07, 6.45) is 0. The maximum absolute atomic E-state index is 5.38. The van der Waals surface area contributed by atoms with E-state index in [9.17, 15) is 0 Å². The van der Waals surface area contributed by atoms with Gasteiger partial charge < -0.3 is 0 Å². The van der Waals surface area contributed by atoms with E-state index >= 15 is 0 Å². The van der Waals surface area contributed by atoms with Gasteiger partial charge in [0.05, 0.1) is 0 Å². The van der Waals surface area contributed by atoms with Crippen LogP contribution in [0.5, 0.6) is 11.5 Å². The van der Waals surface area contributed by atoms with E-state index in [2.05, 4.69) is 12.6 Å². The average Bonchev–Trinajstić information content (AvgIpc) is 2.27. The van der Waals surface area contributed by atoms with Gasteiger partial charge >= 0.3 is 73.2 Å². The second-order valence-corrected chi connectivity index (χ2v) is 7.98. The van der Waals surface area contributed by atoms with Crippen LogP contribution < -0.4 is 6.03 Å². The standard InChI is InChI=1S/C6H6O2.BrH.Sb/c7-5-3-1-2-4-6(5)8;;/h1-4,7-8H;1H;/q;;+3/p-3. The van der Waals surface area contributed by atoms with Gasteiger partial charge in [-0.15, -0.1) is 0 Å². The van der Waals surface area contributed by atoms with Crippen LogP contribution >= 0.6 is 12.6 Å². The van der Waals surface area contributed by atoms with Crippen molar-refractivity contribution >= 4 is 31.4 Å². The van der Waals surface area contributed by atoms with Gasteiger partial charge in [0.25, 0.3) is 0 Å². The molecule has 0 saturated carbocycles. The normalized spacial score (nSPS) is 15.7. The summed E-state index contributed by atoms with van der Waals surface area (Å²) >= 11 is 1.45. The van der Waals surface area contributed by atoms with Crippen molar-refractivity contribution < 1.29 is 6.03 Å². The van der Waals surface area contributed by atoms with Crippen molar-refractivity contribution in [3.63, 3.8) is 0 Å². The Kier molecular flexibility index (Phi) is 1.79. The molecule has 0 aromatic heterocycles. The van der Waals surface area contributed by atoms with Crippen molar-refractivity contribution in [2.75, 3.05) is 0 Å². The molecule has 1 aromatic rings. The molecule has 2 rings (SSSR count). The van der Waals surface area contributed by atoms with Gasteiger partial charge in [-0.3, -0.25) is 0 Å². The Labute approximate surface area is 72.9 Å². The van der Waals surface area contributed by atoms with Crippen molar-refractivity contribution in [3.05, 3.63) is 24.3 Å². The van der Waals surface area contributed by atoms with Gasteiger partial charge in [0.1, 0.15) is 0 Å². The zero-order chi connectivity index (χ0) is 6.97. The van der Waals surface area contributed by atoms with Crippen molar-refractivity contribution in [2.45, 2.75) is 0 Å². The van der Waals surface area contributed by atoms with E-state index in [1.54, 1.807) is 0 Å². The Bertz CT molecular complexity index is 228. The molecule has 2 nitrogen and oxygen atoms in total. The first-order valence-corrected chi connectivity index (χ1v) is 10.6. The Morgan fingerprint density at radius 2 is 1.60 bits per heavy atom. The first-order valence-electron chi connectivity index (χ1n) is 2.77. The predicted octanol–water partition coefficient (Wildman–Crippen LogP) is 1.84. The number of benzene rings is 1. The molecule has 0 bridgehead atoms. The molecule has 4 heteroatoms. The van der Waals surface area contributed by atoms with E-state index in [1.165, 1.54) is 0 Å². The second kappa shape index (κ2) is 2.63. The Balaban J connectivity index is 2.42. The molecule has 0 fully saturated rings. The van der Waals surface area contributed by atoms with Gasteiger partial charge in [0.2, 0.25) is 0 Å². The van der Waals surface area contributed by atoms with Crippen LogP contribution in [0.4, 0.5) is 0 Å². The minimum absolute atomic E-state index is 0.877. The number of fused-ring (bicyclic) bond motifs is 1. The molecule has 52 valence electrons. The van der Waals surface area contributed by atoms with Gasteiger partial charge in [0.15, 0.2) is 0 Å². The fourth-order valence-corrected chi connectivity index (χ4v) is 4.72. The van der Waals surface area contributed by atoms with Gasteiger partial charge in [-0.25, -0.2) is 0 Å². The van der Waals surface area contributed by atoms with Crippen molar-refractivity contribution in [2.24, 2.45) is 0 Å². The number of hydrogen-bond acceptors (Lipinski definition) is 2. The van der Waals surface area contributed by atoms with Crippen LogP contribution in [0.2, 0.25) is 0 Å². The third kappa shape index (κ3) is 1.13. The fraction of sp³-hybridized carbons (Fsp3) is 0. The van der Waals surface area contributed by atoms with E-state index in [4.69, 9.17) is 6.03 Å². The van der Waals surface area contributed by atoms with Crippen LogP contribution in [0.15, 0.2) is 24.3 Å². The molecule has 0 spiro atoms. The summed E-state index contributed by atoms with van der Waals surface area (Å²) in [7, 11) is 0. The molecular weight excluding hydrogens is 306 g/mol. The average molecular weight is 310 g/mol. The molecule has 0 amide bonds. The van der Waals surface area contributed by atoms with Crippen LogP contribution in [0.25, 0.3) is 0 Å². The molecule has 0 N–H and O–H groups in total. The van der Waals surface area contributed by atoms with E-state index in [0.29, 0.717) is 0 Å². The molecule has 0 saturated heterocycles. The van der Waals surface area contributed by atoms with Crippen LogP contribution in [0.1, 0.15) is 0 Å². The number of halogens is 1. The molecule has 0 aliphatic carbocycles. The first kappa shape index (κ1) is 6.81. The third-order valence-corrected chi connectivity index (χ3v) is 5.07. The molecule has 0 atom stereocenters. The number of para-hydroxylation sites is 2. The van der Waals surface area contributed by atoms with Crippen LogP contribution in [-0.2, 0) is 0 Å². The summed E-state index contributed by atoms with van der Waals surface area (Å²) in [6, 6.07) is 7.71. The zero-order valence-electron chi connectivity index (χ0n) is 4.95. The molecule has 0 unspecified atom stereocenters. The van der Waals surface area contributed by atoms with E-state index in [0.717, 1.165) is 11.5 Å². The summed E-state index contributed by atoms with van der Waals surface area (Å²) < 4.78 is 10.8. The summed E-state index contributed by atoms with van der Waals surface area (Å²) in [6.45, 7) is 0. The molecule has 1 aromatic carbocycles. The van der Waals surface area contributed by atoms with Crippen LogP contribution in [-0.4, -0.2) is 18.8 Å². The molecule has 10 heavy (non-hydrogen) atoms. The fourth-order valence-electron chi connectivity index (χ4n) is 0.774. The van der Waals surface area contributed by atoms with Crippen molar-refractivity contribution in [1.29, 1.82) is 0 Å². The van der Waals surface area contributed by atoms with E-state index in [1.807, 2.05) is 24.3 Å². The van der Waals surface area contributed by atoms with Gasteiger partial charge in [-0.1, -0.05) is 0 Å². The van der Waals surface area contributed by atoms with Gasteiger partial charge in [0, 0.05) is 0 Å². The quantitative estimate of drug-likeness (QED) is 0.681. The predicted molar refractivity (Wildman–Crippen MR) is 42.4 cm³/mol. The molecule has 1 aliphatic rings. The van der Waals surface area contributed by atoms with E-state index in [-0.39, 0.29) is 0 Å². The molecular formula is C6H4BrO2Sb. The Morgan fingerprint density at radius 1 is 1.10 bits per heavy atom. The number of hydrogen-bond donors (Lipinski definition) is 0. The third-order valence-electron chi connectivity index (χ3n) is 1.19. The van der Waals surface area contributed by atoms with Crippen molar-refractivity contribution in [3.8, 4) is 11.5 Å². The van der Waals surface area contributed by atoms with Gasteiger partial charge in [-0.05, 0) is 0 Å². The topological polar surface area (TPSA) is 18.5 Å². The molecule has 1 aliphatic heterocycles. The second-order valence-electron chi connectivity index (χ2n) is 1.84. The summed E-state index contributed by atoms with van der Waals surface area (Å²) in [5.74, 6) is 1.75. The first-order chi connectivity index (χ1) is 4.86. The van der Waals surface area contributed by atoms with Crippen LogP contribution in [0.3, 0.4) is 0 Å². The Hall–Kier alpha value is 0.118.